The molecular formula is C26H34FN3O6S. The molecule has 0 aliphatic heterocycles. The quantitative estimate of drug-likeness (QED) is 0.359. The number of anilines is 1. The summed E-state index contributed by atoms with van der Waals surface area (Å²) in [5.74, 6) is -1.78. The molecule has 1 aromatic heterocycles. The van der Waals surface area contributed by atoms with Crippen molar-refractivity contribution in [2.24, 2.45) is 0 Å². The van der Waals surface area contributed by atoms with Crippen LogP contribution in [0.5, 0.6) is 0 Å². The van der Waals surface area contributed by atoms with Crippen LogP contribution in [0, 0.1) is 5.82 Å². The minimum Gasteiger partial charge on any atom is -0.460 e. The normalized spacial score (nSPS) is 13.1. The molecule has 0 unspecified atom stereocenters. The summed E-state index contributed by atoms with van der Waals surface area (Å²) in [7, 11) is -2.34. The molecule has 1 aromatic carbocycles. The van der Waals surface area contributed by atoms with Gasteiger partial charge in [0, 0.05) is 24.6 Å². The van der Waals surface area contributed by atoms with Gasteiger partial charge in [-0.3, -0.25) is 9.59 Å². The van der Waals surface area contributed by atoms with Gasteiger partial charge in [0.1, 0.15) is 11.4 Å². The standard InChI is InChI=1S/C26H34FN3O6S/c1-16(2)23-21(13-12-19(31)14-20(32)15-22(33)36-26(3,4)5)24(17-8-10-18(27)11-9-17)29-25(28-23)30(6)37(7,34)35/h8-13,16,20,32H,14-15H2,1-7H3/b13-12+/t20-/m1/s1. The van der Waals surface area contributed by atoms with Gasteiger partial charge < -0.3 is 9.84 Å². The lowest BCUT2D eigenvalue weighted by molar-refractivity contribution is -0.157. The molecule has 202 valence electrons. The highest BCUT2D eigenvalue weighted by Crippen LogP contribution is 2.31. The number of rotatable bonds is 10. The lowest BCUT2D eigenvalue weighted by Gasteiger charge is -2.20. The summed E-state index contributed by atoms with van der Waals surface area (Å²) in [5.41, 5.74) is 1.01. The first-order valence-electron chi connectivity index (χ1n) is 11.7. The number of nitrogens with zero attached hydrogens (tertiary/aromatic N) is 3. The number of sulfonamides is 1. The molecule has 0 amide bonds. The van der Waals surface area contributed by atoms with Crippen LogP contribution in [0.25, 0.3) is 17.3 Å². The minimum atomic E-state index is -3.67. The Labute approximate surface area is 217 Å². The molecule has 0 radical (unpaired) electrons. The van der Waals surface area contributed by atoms with Crippen molar-refractivity contribution in [1.29, 1.82) is 0 Å². The highest BCUT2D eigenvalue weighted by Gasteiger charge is 2.23. The first-order valence-corrected chi connectivity index (χ1v) is 13.6. The van der Waals surface area contributed by atoms with Gasteiger partial charge in [0.15, 0.2) is 5.78 Å². The van der Waals surface area contributed by atoms with Crippen molar-refractivity contribution in [2.45, 2.75) is 65.1 Å². The molecule has 2 aromatic rings. The number of aliphatic hydroxyl groups excluding tert-OH is 1. The summed E-state index contributed by atoms with van der Waals surface area (Å²) in [6, 6.07) is 5.49. The van der Waals surface area contributed by atoms with Crippen LogP contribution in [-0.2, 0) is 24.3 Å². The van der Waals surface area contributed by atoms with E-state index in [0.717, 1.165) is 10.6 Å². The molecule has 9 nitrogen and oxygen atoms in total. The molecule has 1 heterocycles. The third-order valence-corrected chi connectivity index (χ3v) is 6.26. The van der Waals surface area contributed by atoms with Crippen LogP contribution in [0.15, 0.2) is 30.3 Å². The summed E-state index contributed by atoms with van der Waals surface area (Å²) in [5, 5.41) is 10.2. The van der Waals surface area contributed by atoms with Gasteiger partial charge in [-0.05, 0) is 63.1 Å². The van der Waals surface area contributed by atoms with Crippen LogP contribution in [0.1, 0.15) is 64.6 Å². The van der Waals surface area contributed by atoms with E-state index in [1.54, 1.807) is 20.8 Å². The van der Waals surface area contributed by atoms with E-state index in [9.17, 15) is 27.5 Å². The second kappa shape index (κ2) is 11.9. The largest absolute Gasteiger partial charge is 0.460 e. The maximum absolute atomic E-state index is 13.6. The van der Waals surface area contributed by atoms with E-state index in [1.807, 2.05) is 13.8 Å². The zero-order valence-corrected chi connectivity index (χ0v) is 23.0. The van der Waals surface area contributed by atoms with Crippen molar-refractivity contribution in [3.63, 3.8) is 0 Å². The smallest absolute Gasteiger partial charge is 0.308 e. The van der Waals surface area contributed by atoms with Gasteiger partial charge in [0.2, 0.25) is 16.0 Å². The third kappa shape index (κ3) is 9.01. The number of aliphatic hydroxyl groups is 1. The van der Waals surface area contributed by atoms with E-state index in [-0.39, 0.29) is 24.7 Å². The number of carbonyl (C=O) groups excluding carboxylic acids is 2. The molecule has 11 heteroatoms. The van der Waals surface area contributed by atoms with Crippen LogP contribution in [0.2, 0.25) is 0 Å². The first kappa shape index (κ1) is 30.0. The Kier molecular flexibility index (Phi) is 9.67. The van der Waals surface area contributed by atoms with Crippen LogP contribution in [0.3, 0.4) is 0 Å². The van der Waals surface area contributed by atoms with Gasteiger partial charge in [-0.15, -0.1) is 0 Å². The maximum Gasteiger partial charge on any atom is 0.308 e. The van der Waals surface area contributed by atoms with E-state index >= 15 is 0 Å². The molecule has 0 fully saturated rings. The first-order chi connectivity index (χ1) is 17.0. The van der Waals surface area contributed by atoms with Crippen LogP contribution in [-0.4, -0.2) is 60.3 Å². The summed E-state index contributed by atoms with van der Waals surface area (Å²) >= 11 is 0. The Morgan fingerprint density at radius 2 is 1.73 bits per heavy atom. The van der Waals surface area contributed by atoms with E-state index < -0.39 is 39.3 Å². The average Bonchev–Trinajstić information content (AvgIpc) is 2.75. The van der Waals surface area contributed by atoms with Gasteiger partial charge >= 0.3 is 5.97 Å². The zero-order chi connectivity index (χ0) is 28.1. The number of hydrogen-bond acceptors (Lipinski definition) is 8. The number of carbonyl (C=O) groups is 2. The maximum atomic E-state index is 13.6. The monoisotopic (exact) mass is 535 g/mol. The Balaban J connectivity index is 2.46. The molecule has 0 bridgehead atoms. The van der Waals surface area contributed by atoms with E-state index in [2.05, 4.69) is 9.97 Å². The fourth-order valence-corrected chi connectivity index (χ4v) is 3.70. The summed E-state index contributed by atoms with van der Waals surface area (Å²) in [6.07, 6.45) is 1.89. The fourth-order valence-electron chi connectivity index (χ4n) is 3.32. The summed E-state index contributed by atoms with van der Waals surface area (Å²) in [6.45, 7) is 8.82. The molecule has 1 atom stereocenters. The van der Waals surface area contributed by atoms with Gasteiger partial charge in [-0.1, -0.05) is 13.8 Å². The molecule has 0 saturated heterocycles. The Morgan fingerprint density at radius 3 is 2.24 bits per heavy atom. The molecule has 2 rings (SSSR count). The lowest BCUT2D eigenvalue weighted by atomic mass is 9.97. The topological polar surface area (TPSA) is 127 Å². The second-order valence-electron chi connectivity index (χ2n) is 10.0. The number of halogens is 1. The molecular weight excluding hydrogens is 501 g/mol. The molecule has 0 saturated carbocycles. The van der Waals surface area contributed by atoms with Crippen molar-refractivity contribution in [3.05, 3.63) is 47.4 Å². The van der Waals surface area contributed by atoms with Gasteiger partial charge in [-0.25, -0.2) is 27.1 Å². The number of ketones is 1. The Bertz CT molecular complexity index is 1270. The van der Waals surface area contributed by atoms with Crippen molar-refractivity contribution in [1.82, 2.24) is 9.97 Å². The Morgan fingerprint density at radius 1 is 1.14 bits per heavy atom. The predicted octanol–water partition coefficient (Wildman–Crippen LogP) is 3.87. The number of aromatic nitrogens is 2. The summed E-state index contributed by atoms with van der Waals surface area (Å²) < 4.78 is 44.0. The molecule has 0 aliphatic carbocycles. The lowest BCUT2D eigenvalue weighted by Crippen LogP contribution is -2.27. The van der Waals surface area contributed by atoms with Gasteiger partial charge in [0.25, 0.3) is 0 Å². The SMILES string of the molecule is CC(C)c1nc(N(C)S(C)(=O)=O)nc(-c2ccc(F)cc2)c1/C=C/C(=O)C[C@@H](O)CC(=O)OC(C)(C)C. The molecule has 37 heavy (non-hydrogen) atoms. The van der Waals surface area contributed by atoms with Crippen molar-refractivity contribution in [3.8, 4) is 11.3 Å². The fraction of sp³-hybridized carbons (Fsp3) is 0.462. The molecule has 1 N–H and O–H groups in total. The molecule has 0 spiro atoms. The number of esters is 1. The number of benzene rings is 1. The average molecular weight is 536 g/mol. The highest BCUT2D eigenvalue weighted by molar-refractivity contribution is 7.92. The Hall–Kier alpha value is -3.18. The van der Waals surface area contributed by atoms with E-state index in [1.165, 1.54) is 43.5 Å². The zero-order valence-electron chi connectivity index (χ0n) is 22.1. The number of ether oxygens (including phenoxy) is 1. The third-order valence-electron chi connectivity index (χ3n) is 5.10. The van der Waals surface area contributed by atoms with E-state index in [0.29, 0.717) is 22.5 Å². The number of allylic oxidation sites excluding steroid dienone is 1. The van der Waals surface area contributed by atoms with Gasteiger partial charge in [0.05, 0.1) is 30.2 Å². The second-order valence-corrected chi connectivity index (χ2v) is 12.0. The van der Waals surface area contributed by atoms with Crippen molar-refractivity contribution in [2.75, 3.05) is 17.6 Å². The van der Waals surface area contributed by atoms with Crippen LogP contribution < -0.4 is 4.31 Å². The van der Waals surface area contributed by atoms with Crippen molar-refractivity contribution < 1.29 is 32.2 Å². The van der Waals surface area contributed by atoms with Gasteiger partial charge in [-0.2, -0.15) is 0 Å². The highest BCUT2D eigenvalue weighted by atomic mass is 32.2. The number of hydrogen-bond donors (Lipinski definition) is 1. The predicted molar refractivity (Wildman–Crippen MR) is 140 cm³/mol. The molecule has 0 aliphatic rings. The van der Waals surface area contributed by atoms with Crippen molar-refractivity contribution >= 4 is 33.8 Å². The van der Waals surface area contributed by atoms with Crippen LogP contribution >= 0.6 is 0 Å². The minimum absolute atomic E-state index is 0.0678. The summed E-state index contributed by atoms with van der Waals surface area (Å²) in [4.78, 5) is 33.4. The van der Waals surface area contributed by atoms with E-state index in [4.69, 9.17) is 4.74 Å². The van der Waals surface area contributed by atoms with Crippen LogP contribution in [0.4, 0.5) is 10.3 Å².